The molecule has 0 spiro atoms. The quantitative estimate of drug-likeness (QED) is 0.313. The summed E-state index contributed by atoms with van der Waals surface area (Å²) in [6, 6.07) is 6.15. The van der Waals surface area contributed by atoms with E-state index in [1.165, 1.54) is 12.1 Å². The van der Waals surface area contributed by atoms with Crippen molar-refractivity contribution in [2.75, 3.05) is 0 Å². The fourth-order valence-electron chi connectivity index (χ4n) is 0.464. The van der Waals surface area contributed by atoms with Crippen molar-refractivity contribution in [2.24, 2.45) is 5.90 Å². The van der Waals surface area contributed by atoms with Gasteiger partial charge in [0.2, 0.25) is 0 Å². The first-order valence-electron chi connectivity index (χ1n) is 2.53. The lowest BCUT2D eigenvalue weighted by molar-refractivity contribution is 0.311. The Morgan fingerprint density at radius 2 is 1.20 bits per heavy atom. The minimum atomic E-state index is -0.0764. The maximum Gasteiger partial charge on any atom is 0.157 e. The summed E-state index contributed by atoms with van der Waals surface area (Å²) >= 11 is 0. The number of rotatable bonds is 0. The maximum atomic E-state index is 8.67. The molecular formula is C6H9NO3. The number of phenols is 2. The van der Waals surface area contributed by atoms with Crippen LogP contribution in [0.15, 0.2) is 24.3 Å². The molecule has 0 saturated heterocycles. The molecule has 0 saturated carbocycles. The van der Waals surface area contributed by atoms with Gasteiger partial charge in [0, 0.05) is 0 Å². The Morgan fingerprint density at radius 1 is 0.900 bits per heavy atom. The zero-order valence-electron chi connectivity index (χ0n) is 5.23. The molecule has 56 valence electrons. The van der Waals surface area contributed by atoms with Crippen molar-refractivity contribution in [3.05, 3.63) is 24.3 Å². The van der Waals surface area contributed by atoms with Crippen LogP contribution in [0.1, 0.15) is 0 Å². The van der Waals surface area contributed by atoms with Gasteiger partial charge >= 0.3 is 0 Å². The lowest BCUT2D eigenvalue weighted by atomic mass is 10.3. The monoisotopic (exact) mass is 143 g/mol. The number of hydrogen-bond donors (Lipinski definition) is 4. The lowest BCUT2D eigenvalue weighted by Gasteiger charge is -1.91. The molecule has 0 unspecified atom stereocenters. The van der Waals surface area contributed by atoms with Crippen molar-refractivity contribution in [3.63, 3.8) is 0 Å². The van der Waals surface area contributed by atoms with Crippen molar-refractivity contribution in [2.45, 2.75) is 0 Å². The first-order valence-corrected chi connectivity index (χ1v) is 2.53. The van der Waals surface area contributed by atoms with Crippen LogP contribution < -0.4 is 5.90 Å². The number of aromatic hydroxyl groups is 2. The molecular weight excluding hydrogens is 134 g/mol. The third kappa shape index (κ3) is 2.34. The van der Waals surface area contributed by atoms with Crippen LogP contribution in [0.25, 0.3) is 0 Å². The average molecular weight is 143 g/mol. The van der Waals surface area contributed by atoms with Gasteiger partial charge in [-0.25, -0.2) is 5.90 Å². The van der Waals surface area contributed by atoms with Gasteiger partial charge in [-0.2, -0.15) is 0 Å². The van der Waals surface area contributed by atoms with Gasteiger partial charge in [0.25, 0.3) is 0 Å². The number of benzene rings is 1. The van der Waals surface area contributed by atoms with Crippen molar-refractivity contribution in [1.29, 1.82) is 0 Å². The number of nitrogens with two attached hydrogens (primary N) is 1. The number of hydrogen-bond acceptors (Lipinski definition) is 4. The van der Waals surface area contributed by atoms with Crippen LogP contribution in [0.5, 0.6) is 11.5 Å². The third-order valence-corrected chi connectivity index (χ3v) is 0.882. The largest absolute Gasteiger partial charge is 0.504 e. The molecule has 0 heterocycles. The summed E-state index contributed by atoms with van der Waals surface area (Å²) in [5.74, 6) is 3.35. The van der Waals surface area contributed by atoms with Crippen LogP contribution in [-0.2, 0) is 0 Å². The number of para-hydroxylation sites is 2. The molecule has 0 bridgehead atoms. The third-order valence-electron chi connectivity index (χ3n) is 0.882. The van der Waals surface area contributed by atoms with E-state index in [2.05, 4.69) is 5.90 Å². The van der Waals surface area contributed by atoms with Crippen LogP contribution in [0.2, 0.25) is 0 Å². The highest BCUT2D eigenvalue weighted by atomic mass is 16.4. The summed E-state index contributed by atoms with van der Waals surface area (Å²) in [7, 11) is 0. The number of phenolic OH excluding ortho intramolecular Hbond substituents is 2. The second-order valence-electron chi connectivity index (χ2n) is 1.49. The van der Waals surface area contributed by atoms with Crippen LogP contribution in [-0.4, -0.2) is 15.4 Å². The molecule has 0 radical (unpaired) electrons. The maximum absolute atomic E-state index is 8.67. The molecule has 0 aromatic heterocycles. The highest BCUT2D eigenvalue weighted by molar-refractivity contribution is 5.36. The smallest absolute Gasteiger partial charge is 0.157 e. The van der Waals surface area contributed by atoms with Crippen molar-refractivity contribution in [3.8, 4) is 11.5 Å². The molecule has 4 heteroatoms. The van der Waals surface area contributed by atoms with E-state index in [9.17, 15) is 0 Å². The van der Waals surface area contributed by atoms with E-state index in [1.54, 1.807) is 12.1 Å². The molecule has 1 aromatic carbocycles. The molecule has 0 amide bonds. The van der Waals surface area contributed by atoms with E-state index in [0.29, 0.717) is 0 Å². The standard InChI is InChI=1S/C6H6O2.H3NO/c7-5-3-1-2-4-6(5)8;1-2/h1-4,7-8H;2H,1H2. The van der Waals surface area contributed by atoms with Crippen molar-refractivity contribution >= 4 is 0 Å². The zero-order valence-corrected chi connectivity index (χ0v) is 5.23. The first kappa shape index (κ1) is 8.74. The molecule has 1 rings (SSSR count). The topological polar surface area (TPSA) is 86.7 Å². The minimum Gasteiger partial charge on any atom is -0.504 e. The van der Waals surface area contributed by atoms with Gasteiger partial charge in [-0.3, -0.25) is 0 Å². The Morgan fingerprint density at radius 3 is 1.40 bits per heavy atom. The van der Waals surface area contributed by atoms with E-state index in [4.69, 9.17) is 15.4 Å². The normalized spacial score (nSPS) is 7.80. The predicted octanol–water partition coefficient (Wildman–Crippen LogP) is 0.432. The van der Waals surface area contributed by atoms with Crippen LogP contribution >= 0.6 is 0 Å². The van der Waals surface area contributed by atoms with Gasteiger partial charge in [0.15, 0.2) is 11.5 Å². The Balaban J connectivity index is 0.000000371. The molecule has 0 aliphatic heterocycles. The highest BCUT2D eigenvalue weighted by Gasteiger charge is 1.90. The summed E-state index contributed by atoms with van der Waals surface area (Å²) in [6.07, 6.45) is 0. The van der Waals surface area contributed by atoms with E-state index in [-0.39, 0.29) is 11.5 Å². The fourth-order valence-corrected chi connectivity index (χ4v) is 0.464. The summed E-state index contributed by atoms with van der Waals surface area (Å²) in [4.78, 5) is 0. The Bertz CT molecular complexity index is 169. The van der Waals surface area contributed by atoms with Gasteiger partial charge in [0.05, 0.1) is 0 Å². The van der Waals surface area contributed by atoms with Gasteiger partial charge in [-0.1, -0.05) is 12.1 Å². The molecule has 5 N–H and O–H groups in total. The van der Waals surface area contributed by atoms with Gasteiger partial charge in [0.1, 0.15) is 0 Å². The predicted molar refractivity (Wildman–Crippen MR) is 35.7 cm³/mol. The van der Waals surface area contributed by atoms with E-state index in [1.807, 2.05) is 0 Å². The molecule has 10 heavy (non-hydrogen) atoms. The Kier molecular flexibility index (Phi) is 4.02. The second-order valence-corrected chi connectivity index (χ2v) is 1.49. The van der Waals surface area contributed by atoms with Crippen LogP contribution in [0.3, 0.4) is 0 Å². The summed E-state index contributed by atoms with van der Waals surface area (Å²) in [6.45, 7) is 0. The summed E-state index contributed by atoms with van der Waals surface area (Å²) in [5, 5.41) is 23.8. The van der Waals surface area contributed by atoms with Gasteiger partial charge < -0.3 is 15.4 Å². The SMILES string of the molecule is NO.Oc1ccccc1O. The lowest BCUT2D eigenvalue weighted by Crippen LogP contribution is -1.72. The summed E-state index contributed by atoms with van der Waals surface area (Å²) in [5.41, 5.74) is 0. The second kappa shape index (κ2) is 4.60. The van der Waals surface area contributed by atoms with Gasteiger partial charge in [-0.15, -0.1) is 0 Å². The van der Waals surface area contributed by atoms with Crippen LogP contribution in [0.4, 0.5) is 0 Å². The highest BCUT2D eigenvalue weighted by Crippen LogP contribution is 2.21. The fraction of sp³-hybridized carbons (Fsp3) is 0. The first-order chi connectivity index (χ1) is 4.80. The average Bonchev–Trinajstić information content (AvgIpc) is 2.00. The van der Waals surface area contributed by atoms with E-state index < -0.39 is 0 Å². The van der Waals surface area contributed by atoms with E-state index in [0.717, 1.165) is 0 Å². The minimum absolute atomic E-state index is 0.0764. The van der Waals surface area contributed by atoms with Crippen LogP contribution in [0, 0.1) is 0 Å². The summed E-state index contributed by atoms with van der Waals surface area (Å²) < 4.78 is 0. The van der Waals surface area contributed by atoms with Crippen molar-refractivity contribution < 1.29 is 15.4 Å². The molecule has 0 aliphatic carbocycles. The molecule has 1 aromatic rings. The molecule has 0 atom stereocenters. The van der Waals surface area contributed by atoms with Crippen molar-refractivity contribution in [1.82, 2.24) is 0 Å². The Hall–Kier alpha value is -1.26. The zero-order chi connectivity index (χ0) is 7.98. The molecule has 4 nitrogen and oxygen atoms in total. The molecule has 0 fully saturated rings. The molecule has 0 aliphatic rings. The Labute approximate surface area is 58.1 Å². The van der Waals surface area contributed by atoms with E-state index >= 15 is 0 Å². The van der Waals surface area contributed by atoms with Gasteiger partial charge in [-0.05, 0) is 12.1 Å².